The first kappa shape index (κ1) is 16.9. The predicted molar refractivity (Wildman–Crippen MR) is 96.5 cm³/mol. The molecule has 3 rings (SSSR count). The molecule has 0 aliphatic carbocycles. The molecule has 0 aliphatic rings. The Hall–Kier alpha value is -1.96. The third-order valence-corrected chi connectivity index (χ3v) is 6.35. The quantitative estimate of drug-likeness (QED) is 0.759. The fraction of sp³-hybridized carbons (Fsp3) is 0.235. The lowest BCUT2D eigenvalue weighted by atomic mass is 10.0. The van der Waals surface area contributed by atoms with E-state index in [1.165, 1.54) is 0 Å². The zero-order chi connectivity index (χ0) is 17.3. The van der Waals surface area contributed by atoms with Crippen molar-refractivity contribution in [1.82, 2.24) is 14.5 Å². The molecule has 3 aromatic rings. The smallest absolute Gasteiger partial charge is 0.244 e. The van der Waals surface area contributed by atoms with Gasteiger partial charge in [-0.3, -0.25) is 4.68 Å². The van der Waals surface area contributed by atoms with Crippen LogP contribution >= 0.6 is 11.3 Å². The number of hydrogen-bond donors (Lipinski definition) is 1. The Bertz CT molecular complexity index is 958. The largest absolute Gasteiger partial charge is 0.271 e. The summed E-state index contributed by atoms with van der Waals surface area (Å²) in [5.74, 6) is 0. The molecule has 2 heterocycles. The average Bonchev–Trinajstić information content (AvgIpc) is 3.15. The fourth-order valence-corrected chi connectivity index (χ4v) is 4.86. The molecule has 126 valence electrons. The zero-order valence-electron chi connectivity index (χ0n) is 13.8. The summed E-state index contributed by atoms with van der Waals surface area (Å²) in [7, 11) is -1.87. The minimum atomic E-state index is -3.62. The molecule has 0 fully saturated rings. The predicted octanol–water partition coefficient (Wildman–Crippen LogP) is 3.24. The third-order valence-electron chi connectivity index (χ3n) is 4.01. The monoisotopic (exact) mass is 361 g/mol. The van der Waals surface area contributed by atoms with E-state index in [-0.39, 0.29) is 11.4 Å². The Labute approximate surface area is 146 Å². The van der Waals surface area contributed by atoms with Crippen LogP contribution in [0.2, 0.25) is 0 Å². The van der Waals surface area contributed by atoms with Crippen molar-refractivity contribution in [3.63, 3.8) is 0 Å². The van der Waals surface area contributed by atoms with Crippen LogP contribution in [0.25, 0.3) is 11.1 Å². The molecule has 0 saturated carbocycles. The molecule has 0 bridgehead atoms. The van der Waals surface area contributed by atoms with Crippen molar-refractivity contribution in [3.8, 4) is 11.1 Å². The summed E-state index contributed by atoms with van der Waals surface area (Å²) in [6.07, 6.45) is 0. The van der Waals surface area contributed by atoms with E-state index in [0.717, 1.165) is 16.7 Å². The van der Waals surface area contributed by atoms with Crippen LogP contribution in [-0.4, -0.2) is 18.2 Å². The minimum Gasteiger partial charge on any atom is -0.271 e. The lowest BCUT2D eigenvalue weighted by molar-refractivity contribution is 0.579. The number of sulfonamides is 1. The number of thiophene rings is 1. The van der Waals surface area contributed by atoms with Gasteiger partial charge in [-0.15, -0.1) is 0 Å². The first-order chi connectivity index (χ1) is 11.4. The average molecular weight is 361 g/mol. The first-order valence-electron chi connectivity index (χ1n) is 7.50. The van der Waals surface area contributed by atoms with Gasteiger partial charge in [0.15, 0.2) is 0 Å². The van der Waals surface area contributed by atoms with Gasteiger partial charge >= 0.3 is 0 Å². The molecule has 1 aromatic carbocycles. The second-order valence-corrected chi connectivity index (χ2v) is 8.10. The molecule has 5 nitrogen and oxygen atoms in total. The van der Waals surface area contributed by atoms with Crippen molar-refractivity contribution in [1.29, 1.82) is 0 Å². The summed E-state index contributed by atoms with van der Waals surface area (Å²) in [6, 6.07) is 9.86. The highest BCUT2D eigenvalue weighted by Crippen LogP contribution is 2.26. The molecule has 0 unspecified atom stereocenters. The summed E-state index contributed by atoms with van der Waals surface area (Å²) in [5, 5.41) is 8.26. The molecular weight excluding hydrogens is 342 g/mol. The lowest BCUT2D eigenvalue weighted by Crippen LogP contribution is -2.24. The van der Waals surface area contributed by atoms with Crippen molar-refractivity contribution < 1.29 is 8.42 Å². The van der Waals surface area contributed by atoms with Crippen LogP contribution in [-0.2, 0) is 23.6 Å². The van der Waals surface area contributed by atoms with Gasteiger partial charge in [-0.05, 0) is 47.4 Å². The summed E-state index contributed by atoms with van der Waals surface area (Å²) in [4.78, 5) is 0.262. The van der Waals surface area contributed by atoms with Gasteiger partial charge in [0.2, 0.25) is 10.0 Å². The molecule has 7 heteroatoms. The lowest BCUT2D eigenvalue weighted by Gasteiger charge is -2.11. The number of aromatic nitrogens is 2. The number of rotatable bonds is 5. The second-order valence-electron chi connectivity index (χ2n) is 5.62. The molecule has 0 radical (unpaired) electrons. The van der Waals surface area contributed by atoms with Gasteiger partial charge in [-0.1, -0.05) is 24.3 Å². The van der Waals surface area contributed by atoms with E-state index >= 15 is 0 Å². The summed E-state index contributed by atoms with van der Waals surface area (Å²) in [5.41, 5.74) is 4.23. The number of aryl methyl sites for hydroxylation is 2. The first-order valence-corrected chi connectivity index (χ1v) is 9.93. The van der Waals surface area contributed by atoms with E-state index in [9.17, 15) is 8.42 Å². The number of hydrogen-bond acceptors (Lipinski definition) is 4. The summed E-state index contributed by atoms with van der Waals surface area (Å²) in [6.45, 7) is 3.71. The number of nitrogens with zero attached hydrogens (tertiary/aromatic N) is 2. The summed E-state index contributed by atoms with van der Waals surface area (Å²) >= 11 is 1.62. The van der Waals surface area contributed by atoms with E-state index in [1.54, 1.807) is 36.9 Å². The molecular formula is C17H19N3O2S2. The van der Waals surface area contributed by atoms with Gasteiger partial charge < -0.3 is 0 Å². The maximum absolute atomic E-state index is 12.7. The van der Waals surface area contributed by atoms with Gasteiger partial charge in [0.25, 0.3) is 0 Å². The van der Waals surface area contributed by atoms with Crippen LogP contribution in [0.3, 0.4) is 0 Å². The van der Waals surface area contributed by atoms with Crippen LogP contribution in [0.1, 0.15) is 17.0 Å². The van der Waals surface area contributed by atoms with Gasteiger partial charge in [0, 0.05) is 13.6 Å². The highest BCUT2D eigenvalue weighted by Gasteiger charge is 2.23. The maximum atomic E-state index is 12.7. The molecule has 2 aromatic heterocycles. The van der Waals surface area contributed by atoms with E-state index in [4.69, 9.17) is 0 Å². The van der Waals surface area contributed by atoms with Crippen molar-refractivity contribution >= 4 is 21.4 Å². The van der Waals surface area contributed by atoms with Crippen LogP contribution in [0, 0.1) is 13.8 Å². The van der Waals surface area contributed by atoms with E-state index in [2.05, 4.69) is 15.2 Å². The maximum Gasteiger partial charge on any atom is 0.244 e. The zero-order valence-corrected chi connectivity index (χ0v) is 15.4. The standard InChI is InChI=1S/C17H19N3O2S2/c1-12-17(13(2)20(3)19-12)24(21,22)18-10-14-6-4-5-7-16(14)15-8-9-23-11-15/h4-9,11,18H,10H2,1-3H3. The van der Waals surface area contributed by atoms with Crippen molar-refractivity contribution in [2.45, 2.75) is 25.3 Å². The molecule has 24 heavy (non-hydrogen) atoms. The molecule has 0 amide bonds. The van der Waals surface area contributed by atoms with Gasteiger partial charge in [0.1, 0.15) is 4.90 Å². The Kier molecular flexibility index (Phi) is 4.58. The molecule has 0 aliphatic heterocycles. The highest BCUT2D eigenvalue weighted by atomic mass is 32.2. The van der Waals surface area contributed by atoms with Gasteiger partial charge in [0.05, 0.1) is 11.4 Å². The number of nitrogens with one attached hydrogen (secondary N) is 1. The Morgan fingerprint density at radius 1 is 1.21 bits per heavy atom. The van der Waals surface area contributed by atoms with Crippen molar-refractivity contribution in [2.24, 2.45) is 7.05 Å². The SMILES string of the molecule is Cc1nn(C)c(C)c1S(=O)(=O)NCc1ccccc1-c1ccsc1. The molecule has 0 spiro atoms. The summed E-state index contributed by atoms with van der Waals surface area (Å²) < 4.78 is 29.7. The van der Waals surface area contributed by atoms with Crippen LogP contribution in [0.5, 0.6) is 0 Å². The van der Waals surface area contributed by atoms with E-state index in [1.807, 2.05) is 35.7 Å². The fourth-order valence-electron chi connectivity index (χ4n) is 2.76. The van der Waals surface area contributed by atoms with Crippen molar-refractivity contribution in [2.75, 3.05) is 0 Å². The minimum absolute atomic E-state index is 0.238. The number of benzene rings is 1. The van der Waals surface area contributed by atoms with E-state index < -0.39 is 10.0 Å². The Morgan fingerprint density at radius 3 is 2.58 bits per heavy atom. The Morgan fingerprint density at radius 2 is 1.96 bits per heavy atom. The van der Waals surface area contributed by atoms with Crippen LogP contribution in [0.15, 0.2) is 46.0 Å². The normalized spacial score (nSPS) is 11.8. The van der Waals surface area contributed by atoms with Gasteiger partial charge in [-0.2, -0.15) is 16.4 Å². The van der Waals surface area contributed by atoms with Gasteiger partial charge in [-0.25, -0.2) is 13.1 Å². The molecule has 0 atom stereocenters. The second kappa shape index (κ2) is 6.51. The van der Waals surface area contributed by atoms with E-state index in [0.29, 0.717) is 11.4 Å². The Balaban J connectivity index is 1.89. The highest BCUT2D eigenvalue weighted by molar-refractivity contribution is 7.89. The molecule has 0 saturated heterocycles. The van der Waals surface area contributed by atoms with Crippen LogP contribution in [0.4, 0.5) is 0 Å². The topological polar surface area (TPSA) is 64.0 Å². The third kappa shape index (κ3) is 3.15. The van der Waals surface area contributed by atoms with Crippen LogP contribution < -0.4 is 4.72 Å². The van der Waals surface area contributed by atoms with Crippen molar-refractivity contribution in [3.05, 3.63) is 58.0 Å². The molecule has 1 N–H and O–H groups in total.